The Morgan fingerprint density at radius 1 is 1.43 bits per heavy atom. The number of benzene rings is 1. The summed E-state index contributed by atoms with van der Waals surface area (Å²) in [5, 5.41) is 8.97. The zero-order valence-electron chi connectivity index (χ0n) is 8.20. The van der Waals surface area contributed by atoms with E-state index in [-0.39, 0.29) is 5.92 Å². The minimum Gasteiger partial charge on any atom is -0.481 e. The van der Waals surface area contributed by atoms with Gasteiger partial charge in [-0.15, -0.1) is 0 Å². The topological polar surface area (TPSA) is 37.3 Å². The standard InChI is InChI=1S/C11H13FO2/c1-7(2)10(11(13)14)8-4-3-5-9(12)6-8/h3-7,10H,1-2H3,(H,13,14). The lowest BCUT2D eigenvalue weighted by Gasteiger charge is -2.16. The van der Waals surface area contributed by atoms with Crippen LogP contribution in [-0.4, -0.2) is 11.1 Å². The molecule has 0 aliphatic heterocycles. The largest absolute Gasteiger partial charge is 0.481 e. The number of hydrogen-bond donors (Lipinski definition) is 1. The van der Waals surface area contributed by atoms with Crippen molar-refractivity contribution in [3.05, 3.63) is 35.6 Å². The molecule has 0 aliphatic rings. The molecule has 1 rings (SSSR count). The van der Waals surface area contributed by atoms with E-state index in [1.807, 2.05) is 13.8 Å². The Morgan fingerprint density at radius 3 is 2.50 bits per heavy atom. The molecule has 0 amide bonds. The lowest BCUT2D eigenvalue weighted by molar-refractivity contribution is -0.139. The van der Waals surface area contributed by atoms with Gasteiger partial charge < -0.3 is 5.11 Å². The summed E-state index contributed by atoms with van der Waals surface area (Å²) in [4.78, 5) is 10.9. The fourth-order valence-electron chi connectivity index (χ4n) is 1.51. The third-order valence-corrected chi connectivity index (χ3v) is 2.14. The minimum absolute atomic E-state index is 0.0469. The molecule has 2 nitrogen and oxygen atoms in total. The van der Waals surface area contributed by atoms with Gasteiger partial charge in [-0.05, 0) is 23.6 Å². The van der Waals surface area contributed by atoms with Crippen LogP contribution in [0.4, 0.5) is 4.39 Å². The van der Waals surface area contributed by atoms with Crippen molar-refractivity contribution < 1.29 is 14.3 Å². The van der Waals surface area contributed by atoms with Gasteiger partial charge in [0.25, 0.3) is 0 Å². The van der Waals surface area contributed by atoms with E-state index in [1.165, 1.54) is 18.2 Å². The number of hydrogen-bond acceptors (Lipinski definition) is 1. The first-order valence-electron chi connectivity index (χ1n) is 4.50. The van der Waals surface area contributed by atoms with E-state index < -0.39 is 17.7 Å². The summed E-state index contributed by atoms with van der Waals surface area (Å²) in [7, 11) is 0. The van der Waals surface area contributed by atoms with Crippen LogP contribution in [-0.2, 0) is 4.79 Å². The third-order valence-electron chi connectivity index (χ3n) is 2.14. The van der Waals surface area contributed by atoms with Crippen LogP contribution in [0.2, 0.25) is 0 Å². The number of carboxylic acid groups (broad SMARTS) is 1. The van der Waals surface area contributed by atoms with Crippen molar-refractivity contribution in [2.45, 2.75) is 19.8 Å². The van der Waals surface area contributed by atoms with Gasteiger partial charge in [-0.1, -0.05) is 26.0 Å². The van der Waals surface area contributed by atoms with Crippen LogP contribution in [0.15, 0.2) is 24.3 Å². The second-order valence-corrected chi connectivity index (χ2v) is 3.61. The average Bonchev–Trinajstić information content (AvgIpc) is 2.02. The van der Waals surface area contributed by atoms with Crippen LogP contribution < -0.4 is 0 Å². The Morgan fingerprint density at radius 2 is 2.07 bits per heavy atom. The Bertz CT molecular complexity index is 334. The van der Waals surface area contributed by atoms with Crippen LogP contribution in [0.5, 0.6) is 0 Å². The Hall–Kier alpha value is -1.38. The van der Waals surface area contributed by atoms with Gasteiger partial charge in [0.15, 0.2) is 0 Å². The molecule has 0 heterocycles. The first-order chi connectivity index (χ1) is 6.52. The van der Waals surface area contributed by atoms with Crippen molar-refractivity contribution in [1.29, 1.82) is 0 Å². The van der Waals surface area contributed by atoms with Gasteiger partial charge in [0.1, 0.15) is 5.82 Å². The molecule has 0 saturated heterocycles. The summed E-state index contributed by atoms with van der Waals surface area (Å²) in [6.45, 7) is 3.62. The molecule has 1 aromatic rings. The lowest BCUT2D eigenvalue weighted by atomic mass is 9.88. The normalized spacial score (nSPS) is 12.9. The molecular weight excluding hydrogens is 183 g/mol. The summed E-state index contributed by atoms with van der Waals surface area (Å²) >= 11 is 0. The highest BCUT2D eigenvalue weighted by atomic mass is 19.1. The molecule has 76 valence electrons. The Balaban J connectivity index is 3.05. The molecule has 0 radical (unpaired) electrons. The van der Waals surface area contributed by atoms with Crippen LogP contribution in [0, 0.1) is 11.7 Å². The van der Waals surface area contributed by atoms with E-state index in [4.69, 9.17) is 5.11 Å². The molecule has 0 aliphatic carbocycles. The fraction of sp³-hybridized carbons (Fsp3) is 0.364. The zero-order chi connectivity index (χ0) is 10.7. The van der Waals surface area contributed by atoms with Gasteiger partial charge >= 0.3 is 5.97 Å². The molecular formula is C11H13FO2. The number of carbonyl (C=O) groups is 1. The SMILES string of the molecule is CC(C)C(C(=O)O)c1cccc(F)c1. The molecule has 1 atom stereocenters. The summed E-state index contributed by atoms with van der Waals surface area (Å²) in [6.07, 6.45) is 0. The smallest absolute Gasteiger partial charge is 0.311 e. The molecule has 0 bridgehead atoms. The maximum absolute atomic E-state index is 12.9. The second kappa shape index (κ2) is 4.22. The molecule has 0 aromatic heterocycles. The van der Waals surface area contributed by atoms with Gasteiger partial charge in [0.2, 0.25) is 0 Å². The quantitative estimate of drug-likeness (QED) is 0.806. The van der Waals surface area contributed by atoms with E-state index in [0.29, 0.717) is 5.56 Å². The predicted molar refractivity (Wildman–Crippen MR) is 51.6 cm³/mol. The lowest BCUT2D eigenvalue weighted by Crippen LogP contribution is -2.17. The van der Waals surface area contributed by atoms with Crippen molar-refractivity contribution in [1.82, 2.24) is 0 Å². The molecule has 14 heavy (non-hydrogen) atoms. The highest BCUT2D eigenvalue weighted by Crippen LogP contribution is 2.24. The van der Waals surface area contributed by atoms with Crippen LogP contribution in [0.25, 0.3) is 0 Å². The molecule has 1 unspecified atom stereocenters. The maximum atomic E-state index is 12.9. The highest BCUT2D eigenvalue weighted by molar-refractivity contribution is 5.76. The average molecular weight is 196 g/mol. The first kappa shape index (κ1) is 10.7. The van der Waals surface area contributed by atoms with Crippen molar-refractivity contribution in [3.63, 3.8) is 0 Å². The molecule has 0 spiro atoms. The number of rotatable bonds is 3. The van der Waals surface area contributed by atoms with E-state index >= 15 is 0 Å². The molecule has 1 aromatic carbocycles. The van der Waals surface area contributed by atoms with E-state index in [9.17, 15) is 9.18 Å². The van der Waals surface area contributed by atoms with Gasteiger partial charge in [-0.2, -0.15) is 0 Å². The van der Waals surface area contributed by atoms with Crippen molar-refractivity contribution >= 4 is 5.97 Å². The van der Waals surface area contributed by atoms with Crippen LogP contribution in [0.1, 0.15) is 25.3 Å². The summed E-state index contributed by atoms with van der Waals surface area (Å²) < 4.78 is 12.9. The molecule has 3 heteroatoms. The maximum Gasteiger partial charge on any atom is 0.311 e. The van der Waals surface area contributed by atoms with E-state index in [1.54, 1.807) is 6.07 Å². The molecule has 1 N–H and O–H groups in total. The minimum atomic E-state index is -0.911. The van der Waals surface area contributed by atoms with Gasteiger partial charge in [0, 0.05) is 0 Å². The Kier molecular flexibility index (Phi) is 3.23. The van der Waals surface area contributed by atoms with Gasteiger partial charge in [-0.3, -0.25) is 4.79 Å². The second-order valence-electron chi connectivity index (χ2n) is 3.61. The van der Waals surface area contributed by atoms with Crippen molar-refractivity contribution in [2.24, 2.45) is 5.92 Å². The summed E-state index contributed by atoms with van der Waals surface area (Å²) in [5.74, 6) is -1.99. The number of carboxylic acids is 1. The first-order valence-corrected chi connectivity index (χ1v) is 4.50. The van der Waals surface area contributed by atoms with Crippen LogP contribution >= 0.6 is 0 Å². The Labute approximate surface area is 82.4 Å². The highest BCUT2D eigenvalue weighted by Gasteiger charge is 2.23. The van der Waals surface area contributed by atoms with Gasteiger partial charge in [0.05, 0.1) is 5.92 Å². The summed E-state index contributed by atoms with van der Waals surface area (Å²) in [6, 6.07) is 5.76. The predicted octanol–water partition coefficient (Wildman–Crippen LogP) is 2.65. The van der Waals surface area contributed by atoms with Crippen molar-refractivity contribution in [2.75, 3.05) is 0 Å². The van der Waals surface area contributed by atoms with E-state index in [2.05, 4.69) is 0 Å². The van der Waals surface area contributed by atoms with Crippen LogP contribution in [0.3, 0.4) is 0 Å². The molecule has 0 fully saturated rings. The number of aliphatic carboxylic acids is 1. The summed E-state index contributed by atoms with van der Waals surface area (Å²) in [5.41, 5.74) is 0.521. The van der Waals surface area contributed by atoms with E-state index in [0.717, 1.165) is 0 Å². The third kappa shape index (κ3) is 2.31. The van der Waals surface area contributed by atoms with Gasteiger partial charge in [-0.25, -0.2) is 4.39 Å². The monoisotopic (exact) mass is 196 g/mol. The fourth-order valence-corrected chi connectivity index (χ4v) is 1.51. The zero-order valence-corrected chi connectivity index (χ0v) is 8.20. The molecule has 0 saturated carbocycles. The van der Waals surface area contributed by atoms with Crippen molar-refractivity contribution in [3.8, 4) is 0 Å². The number of halogens is 1.